The summed E-state index contributed by atoms with van der Waals surface area (Å²) in [5.41, 5.74) is -2.33. The normalized spacial score (nSPS) is 12.4. The van der Waals surface area contributed by atoms with Crippen LogP contribution in [0.2, 0.25) is 0 Å². The molecule has 1 atom stereocenters. The van der Waals surface area contributed by atoms with Crippen molar-refractivity contribution < 1.29 is 32.8 Å². The molecule has 9 heteroatoms. The molecule has 138 valence electrons. The van der Waals surface area contributed by atoms with Gasteiger partial charge in [0.05, 0.1) is 10.3 Å². The minimum atomic E-state index is -1.36. The number of ether oxygens (including phenoxy) is 2. The molecular formula is C16H19F2NO6. The van der Waals surface area contributed by atoms with Gasteiger partial charge in [-0.25, -0.2) is 4.39 Å². The highest BCUT2D eigenvalue weighted by molar-refractivity contribution is 5.75. The van der Waals surface area contributed by atoms with Crippen molar-refractivity contribution in [1.82, 2.24) is 0 Å². The van der Waals surface area contributed by atoms with Gasteiger partial charge in [-0.2, -0.15) is 4.39 Å². The van der Waals surface area contributed by atoms with E-state index in [1.807, 2.05) is 0 Å². The number of hydrogen-bond acceptors (Lipinski definition) is 6. The quantitative estimate of drug-likeness (QED) is 0.440. The van der Waals surface area contributed by atoms with Gasteiger partial charge in [0, 0.05) is 25.0 Å². The first kappa shape index (κ1) is 20.5. The van der Waals surface area contributed by atoms with E-state index in [-0.39, 0.29) is 0 Å². The standard InChI is InChI=1S/C16H19F2NO6/c1-9(20)25-10(8-24-15(21)16(2,3)4)7-11-12(17)5-6-13(14(11)18)19(22)23/h5-6,10H,7-8H2,1-4H3. The number of rotatable bonds is 6. The van der Waals surface area contributed by atoms with Crippen molar-refractivity contribution in [2.24, 2.45) is 5.41 Å². The second-order valence-corrected chi connectivity index (χ2v) is 6.40. The average Bonchev–Trinajstić information content (AvgIpc) is 2.46. The van der Waals surface area contributed by atoms with E-state index in [0.717, 1.165) is 13.0 Å². The highest BCUT2D eigenvalue weighted by Crippen LogP contribution is 2.25. The Hall–Kier alpha value is -2.58. The second kappa shape index (κ2) is 8.00. The molecule has 0 amide bonds. The molecule has 0 heterocycles. The van der Waals surface area contributed by atoms with Crippen LogP contribution in [0.3, 0.4) is 0 Å². The summed E-state index contributed by atoms with van der Waals surface area (Å²) in [5.74, 6) is -3.72. The number of carbonyl (C=O) groups excluding carboxylic acids is 2. The molecule has 25 heavy (non-hydrogen) atoms. The van der Waals surface area contributed by atoms with Gasteiger partial charge < -0.3 is 9.47 Å². The van der Waals surface area contributed by atoms with E-state index in [1.165, 1.54) is 0 Å². The number of hydrogen-bond donors (Lipinski definition) is 0. The Labute approximate surface area is 143 Å². The first-order valence-corrected chi connectivity index (χ1v) is 7.39. The summed E-state index contributed by atoms with van der Waals surface area (Å²) in [7, 11) is 0. The van der Waals surface area contributed by atoms with Crippen LogP contribution >= 0.6 is 0 Å². The van der Waals surface area contributed by atoms with Crippen LogP contribution in [0.1, 0.15) is 33.3 Å². The number of nitrogens with zero attached hydrogens (tertiary/aromatic N) is 1. The van der Waals surface area contributed by atoms with E-state index in [1.54, 1.807) is 20.8 Å². The maximum absolute atomic E-state index is 14.1. The Kier molecular flexibility index (Phi) is 6.55. The molecule has 0 saturated heterocycles. The monoisotopic (exact) mass is 359 g/mol. The second-order valence-electron chi connectivity index (χ2n) is 6.40. The molecular weight excluding hydrogens is 340 g/mol. The maximum atomic E-state index is 14.1. The van der Waals surface area contributed by atoms with Crippen LogP contribution in [0.15, 0.2) is 12.1 Å². The topological polar surface area (TPSA) is 95.7 Å². The molecule has 0 radical (unpaired) electrons. The third-order valence-corrected chi connectivity index (χ3v) is 3.14. The van der Waals surface area contributed by atoms with Gasteiger partial charge in [-0.3, -0.25) is 19.7 Å². The largest absolute Gasteiger partial charge is 0.461 e. The van der Waals surface area contributed by atoms with E-state index in [2.05, 4.69) is 0 Å². The van der Waals surface area contributed by atoms with Crippen molar-refractivity contribution in [3.05, 3.63) is 39.4 Å². The summed E-state index contributed by atoms with van der Waals surface area (Å²) in [6.07, 6.45) is -1.70. The summed E-state index contributed by atoms with van der Waals surface area (Å²) >= 11 is 0. The fourth-order valence-electron chi connectivity index (χ4n) is 1.90. The van der Waals surface area contributed by atoms with Crippen molar-refractivity contribution in [1.29, 1.82) is 0 Å². The number of carbonyl (C=O) groups is 2. The Morgan fingerprint density at radius 1 is 1.28 bits per heavy atom. The lowest BCUT2D eigenvalue weighted by atomic mass is 9.97. The maximum Gasteiger partial charge on any atom is 0.311 e. The third-order valence-electron chi connectivity index (χ3n) is 3.14. The van der Waals surface area contributed by atoms with Crippen LogP contribution in [0.4, 0.5) is 14.5 Å². The zero-order chi connectivity index (χ0) is 19.4. The van der Waals surface area contributed by atoms with E-state index in [4.69, 9.17) is 9.47 Å². The number of benzene rings is 1. The van der Waals surface area contributed by atoms with Crippen LogP contribution in [-0.4, -0.2) is 29.6 Å². The van der Waals surface area contributed by atoms with Gasteiger partial charge in [0.2, 0.25) is 5.82 Å². The molecule has 0 bridgehead atoms. The van der Waals surface area contributed by atoms with Crippen molar-refractivity contribution in [3.8, 4) is 0 Å². The Bertz CT molecular complexity index is 684. The zero-order valence-electron chi connectivity index (χ0n) is 14.3. The molecule has 0 aliphatic carbocycles. The predicted octanol–water partition coefficient (Wildman–Crippen LogP) is 2.94. The summed E-state index contributed by atoms with van der Waals surface area (Å²) in [4.78, 5) is 32.7. The molecule has 1 rings (SSSR count). The lowest BCUT2D eigenvalue weighted by molar-refractivity contribution is -0.387. The first-order chi connectivity index (χ1) is 11.4. The van der Waals surface area contributed by atoms with Crippen LogP contribution in [0.5, 0.6) is 0 Å². The van der Waals surface area contributed by atoms with E-state index in [0.29, 0.717) is 6.07 Å². The van der Waals surface area contributed by atoms with Crippen molar-refractivity contribution in [2.75, 3.05) is 6.61 Å². The Balaban J connectivity index is 3.03. The molecule has 0 aromatic heterocycles. The summed E-state index contributed by atoms with van der Waals surface area (Å²) in [6.45, 7) is 5.47. The fourth-order valence-corrected chi connectivity index (χ4v) is 1.90. The summed E-state index contributed by atoms with van der Waals surface area (Å²) in [6, 6.07) is 1.46. The first-order valence-electron chi connectivity index (χ1n) is 7.39. The van der Waals surface area contributed by atoms with Crippen LogP contribution in [0, 0.1) is 27.2 Å². The van der Waals surface area contributed by atoms with Gasteiger partial charge >= 0.3 is 17.6 Å². The van der Waals surface area contributed by atoms with E-state index in [9.17, 15) is 28.5 Å². The zero-order valence-corrected chi connectivity index (χ0v) is 14.3. The molecule has 0 spiro atoms. The molecule has 0 aliphatic rings. The molecule has 7 nitrogen and oxygen atoms in total. The third kappa shape index (κ3) is 5.77. The van der Waals surface area contributed by atoms with Gasteiger partial charge in [-0.15, -0.1) is 0 Å². The minimum absolute atomic E-state index is 0.433. The molecule has 0 fully saturated rings. The number of nitro groups is 1. The molecule has 0 aliphatic heterocycles. The molecule has 1 unspecified atom stereocenters. The average molecular weight is 359 g/mol. The van der Waals surface area contributed by atoms with Gasteiger partial charge in [-0.1, -0.05) is 0 Å². The lowest BCUT2D eigenvalue weighted by Gasteiger charge is -2.21. The van der Waals surface area contributed by atoms with Gasteiger partial charge in [0.1, 0.15) is 18.5 Å². The molecule has 0 N–H and O–H groups in total. The SMILES string of the molecule is CC(=O)OC(COC(=O)C(C)(C)C)Cc1c(F)ccc([N+](=O)[O-])c1F. The smallest absolute Gasteiger partial charge is 0.311 e. The van der Waals surface area contributed by atoms with Gasteiger partial charge in [0.25, 0.3) is 0 Å². The van der Waals surface area contributed by atoms with Gasteiger partial charge in [0.15, 0.2) is 0 Å². The lowest BCUT2D eigenvalue weighted by Crippen LogP contribution is -2.31. The molecule has 0 saturated carbocycles. The minimum Gasteiger partial charge on any atom is -0.461 e. The highest BCUT2D eigenvalue weighted by atomic mass is 19.1. The van der Waals surface area contributed by atoms with Crippen molar-refractivity contribution in [3.63, 3.8) is 0 Å². The van der Waals surface area contributed by atoms with Crippen molar-refractivity contribution in [2.45, 2.75) is 40.2 Å². The molecule has 1 aromatic rings. The number of nitro benzene ring substituents is 1. The predicted molar refractivity (Wildman–Crippen MR) is 82.7 cm³/mol. The van der Waals surface area contributed by atoms with Crippen LogP contribution in [0.25, 0.3) is 0 Å². The summed E-state index contributed by atoms with van der Waals surface area (Å²) in [5, 5.41) is 10.8. The van der Waals surface area contributed by atoms with Crippen LogP contribution in [-0.2, 0) is 25.5 Å². The van der Waals surface area contributed by atoms with Crippen molar-refractivity contribution >= 4 is 17.6 Å². The number of esters is 2. The molecule has 1 aromatic carbocycles. The highest BCUT2D eigenvalue weighted by Gasteiger charge is 2.28. The number of halogens is 2. The Morgan fingerprint density at radius 2 is 1.88 bits per heavy atom. The van der Waals surface area contributed by atoms with Crippen LogP contribution < -0.4 is 0 Å². The van der Waals surface area contributed by atoms with Gasteiger partial charge in [-0.05, 0) is 26.8 Å². The summed E-state index contributed by atoms with van der Waals surface area (Å²) < 4.78 is 37.9. The fraction of sp³-hybridized carbons (Fsp3) is 0.500. The van der Waals surface area contributed by atoms with E-state index < -0.39 is 64.3 Å². The van der Waals surface area contributed by atoms with E-state index >= 15 is 0 Å². The Morgan fingerprint density at radius 3 is 2.36 bits per heavy atom.